The van der Waals surface area contributed by atoms with Crippen LogP contribution in [0.1, 0.15) is 16.7 Å². The van der Waals surface area contributed by atoms with Gasteiger partial charge in [0.15, 0.2) is 0 Å². The summed E-state index contributed by atoms with van der Waals surface area (Å²) >= 11 is 0. The Kier molecular flexibility index (Phi) is 3.39. The minimum atomic E-state index is -0.413. The number of carbonyl (C=O) groups is 1. The summed E-state index contributed by atoms with van der Waals surface area (Å²) in [6.07, 6.45) is 8.02. The van der Waals surface area contributed by atoms with E-state index in [1.165, 1.54) is 0 Å². The molecule has 3 heterocycles. The van der Waals surface area contributed by atoms with Gasteiger partial charge in [-0.2, -0.15) is 0 Å². The summed E-state index contributed by atoms with van der Waals surface area (Å²) in [5.74, 6) is 0.727. The Morgan fingerprint density at radius 1 is 1.29 bits per heavy atom. The van der Waals surface area contributed by atoms with E-state index in [4.69, 9.17) is 0 Å². The summed E-state index contributed by atoms with van der Waals surface area (Å²) in [6.45, 7) is 4.04. The van der Waals surface area contributed by atoms with Gasteiger partial charge in [-0.05, 0) is 37.1 Å². The van der Waals surface area contributed by atoms with Crippen molar-refractivity contribution in [2.75, 3.05) is 5.01 Å². The Morgan fingerprint density at radius 3 is 2.81 bits per heavy atom. The van der Waals surface area contributed by atoms with Crippen LogP contribution < -0.4 is 10.4 Å². The number of aldehydes is 1. The molecule has 0 saturated carbocycles. The van der Waals surface area contributed by atoms with E-state index in [0.717, 1.165) is 34.4 Å². The van der Waals surface area contributed by atoms with E-state index < -0.39 is 6.04 Å². The van der Waals surface area contributed by atoms with Gasteiger partial charge < -0.3 is 10.2 Å². The number of rotatable bonds is 3. The summed E-state index contributed by atoms with van der Waals surface area (Å²) in [5.41, 5.74) is 7.20. The minimum absolute atomic E-state index is 0.413. The van der Waals surface area contributed by atoms with Gasteiger partial charge in [0.1, 0.15) is 18.1 Å². The lowest BCUT2D eigenvalue weighted by Crippen LogP contribution is -2.40. The average molecular weight is 280 g/mol. The summed E-state index contributed by atoms with van der Waals surface area (Å²) in [4.78, 5) is 20.1. The molecule has 0 radical (unpaired) electrons. The number of aryl methyl sites for hydroxylation is 2. The molecule has 106 valence electrons. The fourth-order valence-electron chi connectivity index (χ4n) is 2.32. The molecule has 2 aromatic rings. The maximum atomic E-state index is 11.6. The molecular weight excluding hydrogens is 264 g/mol. The molecule has 0 spiro atoms. The van der Waals surface area contributed by atoms with Gasteiger partial charge >= 0.3 is 0 Å². The summed E-state index contributed by atoms with van der Waals surface area (Å²) in [7, 11) is 0. The molecule has 0 aliphatic carbocycles. The third-order valence-electron chi connectivity index (χ3n) is 3.68. The maximum Gasteiger partial charge on any atom is 0.149 e. The zero-order valence-electron chi connectivity index (χ0n) is 11.9. The Morgan fingerprint density at radius 2 is 2.14 bits per heavy atom. The second kappa shape index (κ2) is 5.36. The molecular formula is C16H16N4O. The van der Waals surface area contributed by atoms with Crippen molar-refractivity contribution in [1.29, 1.82) is 0 Å². The molecule has 1 aliphatic rings. The van der Waals surface area contributed by atoms with Crippen molar-refractivity contribution < 1.29 is 4.79 Å². The van der Waals surface area contributed by atoms with Gasteiger partial charge in [0.2, 0.25) is 0 Å². The largest absolute Gasteiger partial charge is 0.303 e. The number of hydrogen-bond donors (Lipinski definition) is 1. The molecule has 5 heteroatoms. The first-order valence-corrected chi connectivity index (χ1v) is 6.75. The van der Waals surface area contributed by atoms with Crippen molar-refractivity contribution in [2.45, 2.75) is 19.9 Å². The van der Waals surface area contributed by atoms with Gasteiger partial charge in [-0.3, -0.25) is 9.99 Å². The van der Waals surface area contributed by atoms with E-state index in [1.54, 1.807) is 17.4 Å². The van der Waals surface area contributed by atoms with Crippen LogP contribution in [0.15, 0.2) is 43.0 Å². The molecule has 0 fully saturated rings. The lowest BCUT2D eigenvalue weighted by molar-refractivity contribution is -0.107. The van der Waals surface area contributed by atoms with E-state index in [0.29, 0.717) is 0 Å². The van der Waals surface area contributed by atoms with Crippen molar-refractivity contribution in [3.05, 3.63) is 59.7 Å². The lowest BCUT2D eigenvalue weighted by atomic mass is 10.0. The second-order valence-corrected chi connectivity index (χ2v) is 5.05. The van der Waals surface area contributed by atoms with Gasteiger partial charge in [-0.1, -0.05) is 6.07 Å². The zero-order valence-corrected chi connectivity index (χ0v) is 11.9. The van der Waals surface area contributed by atoms with Crippen molar-refractivity contribution in [2.24, 2.45) is 0 Å². The van der Waals surface area contributed by atoms with E-state index >= 15 is 0 Å². The van der Waals surface area contributed by atoms with E-state index in [-0.39, 0.29) is 0 Å². The van der Waals surface area contributed by atoms with Gasteiger partial charge in [-0.15, -0.1) is 0 Å². The Hall–Kier alpha value is -2.69. The number of hydrazine groups is 1. The average Bonchev–Trinajstić information content (AvgIpc) is 2.94. The van der Waals surface area contributed by atoms with E-state index in [2.05, 4.69) is 15.4 Å². The highest BCUT2D eigenvalue weighted by molar-refractivity contribution is 5.89. The third-order valence-corrected chi connectivity index (χ3v) is 3.68. The fourth-order valence-corrected chi connectivity index (χ4v) is 2.32. The normalized spacial score (nSPS) is 17.3. The van der Waals surface area contributed by atoms with Crippen LogP contribution in [0.5, 0.6) is 0 Å². The van der Waals surface area contributed by atoms with Gasteiger partial charge in [0.25, 0.3) is 0 Å². The number of hydrogen-bond acceptors (Lipinski definition) is 5. The summed E-state index contributed by atoms with van der Waals surface area (Å²) < 4.78 is 0. The third kappa shape index (κ3) is 2.38. The first-order valence-electron chi connectivity index (χ1n) is 6.75. The van der Waals surface area contributed by atoms with Crippen molar-refractivity contribution in [3.63, 3.8) is 0 Å². The molecule has 2 aromatic heterocycles. The van der Waals surface area contributed by atoms with Crippen LogP contribution in [0.3, 0.4) is 0 Å². The number of pyridine rings is 2. The summed E-state index contributed by atoms with van der Waals surface area (Å²) in [6, 6.07) is 5.35. The Labute approximate surface area is 123 Å². The molecule has 0 saturated heterocycles. The highest BCUT2D eigenvalue weighted by atomic mass is 16.1. The maximum absolute atomic E-state index is 11.6. The quantitative estimate of drug-likeness (QED) is 0.872. The smallest absolute Gasteiger partial charge is 0.149 e. The van der Waals surface area contributed by atoms with Crippen LogP contribution in [0.25, 0.3) is 5.57 Å². The van der Waals surface area contributed by atoms with Crippen LogP contribution in [0, 0.1) is 13.8 Å². The van der Waals surface area contributed by atoms with Gasteiger partial charge in [0, 0.05) is 35.9 Å². The molecule has 0 bridgehead atoms. The SMILES string of the molecule is Cc1cnc(N2NC=C(c3cccnc3)C2C=O)cc1C. The number of nitrogens with zero attached hydrogens (tertiary/aromatic N) is 3. The molecule has 1 atom stereocenters. The number of carbonyl (C=O) groups excluding carboxylic acids is 1. The Balaban J connectivity index is 1.93. The van der Waals surface area contributed by atoms with E-state index in [9.17, 15) is 4.79 Å². The van der Waals surface area contributed by atoms with Crippen molar-refractivity contribution in [3.8, 4) is 0 Å². The van der Waals surface area contributed by atoms with Gasteiger partial charge in [0.05, 0.1) is 0 Å². The van der Waals surface area contributed by atoms with Crippen molar-refractivity contribution >= 4 is 17.7 Å². The standard InChI is InChI=1S/C16H16N4O/c1-11-6-16(18-7-12(11)2)20-15(10-21)14(9-19-20)13-4-3-5-17-8-13/h3-10,15,19H,1-2H3. The predicted octanol–water partition coefficient (Wildman–Crippen LogP) is 2.03. The number of aromatic nitrogens is 2. The molecule has 21 heavy (non-hydrogen) atoms. The molecule has 1 aliphatic heterocycles. The van der Waals surface area contributed by atoms with Crippen LogP contribution in [0.2, 0.25) is 0 Å². The highest BCUT2D eigenvalue weighted by Gasteiger charge is 2.29. The predicted molar refractivity (Wildman–Crippen MR) is 81.4 cm³/mol. The number of anilines is 1. The molecule has 1 unspecified atom stereocenters. The first-order chi connectivity index (χ1) is 10.2. The van der Waals surface area contributed by atoms with Gasteiger partial charge in [-0.25, -0.2) is 4.98 Å². The molecule has 1 N–H and O–H groups in total. The highest BCUT2D eigenvalue weighted by Crippen LogP contribution is 2.27. The Bertz CT molecular complexity index is 697. The molecule has 5 nitrogen and oxygen atoms in total. The monoisotopic (exact) mass is 280 g/mol. The number of nitrogens with one attached hydrogen (secondary N) is 1. The topological polar surface area (TPSA) is 58.1 Å². The molecule has 3 rings (SSSR count). The van der Waals surface area contributed by atoms with E-state index in [1.807, 2.05) is 44.4 Å². The van der Waals surface area contributed by atoms with Crippen LogP contribution >= 0.6 is 0 Å². The zero-order chi connectivity index (χ0) is 14.8. The van der Waals surface area contributed by atoms with Crippen LogP contribution in [0.4, 0.5) is 5.82 Å². The second-order valence-electron chi connectivity index (χ2n) is 5.05. The molecule has 0 aromatic carbocycles. The van der Waals surface area contributed by atoms with Crippen molar-refractivity contribution in [1.82, 2.24) is 15.4 Å². The fraction of sp³-hybridized carbons (Fsp3) is 0.188. The first kappa shape index (κ1) is 13.3. The van der Waals surface area contributed by atoms with Crippen LogP contribution in [-0.4, -0.2) is 22.3 Å². The minimum Gasteiger partial charge on any atom is -0.303 e. The lowest BCUT2D eigenvalue weighted by Gasteiger charge is -2.24. The summed E-state index contributed by atoms with van der Waals surface area (Å²) in [5, 5.41) is 1.77. The molecule has 0 amide bonds. The van der Waals surface area contributed by atoms with Crippen LogP contribution in [-0.2, 0) is 4.79 Å².